The lowest BCUT2D eigenvalue weighted by Crippen LogP contribution is -2.20. The van der Waals surface area contributed by atoms with Gasteiger partial charge < -0.3 is 0 Å². The van der Waals surface area contributed by atoms with Gasteiger partial charge in [0, 0.05) is 11.9 Å². The van der Waals surface area contributed by atoms with Gasteiger partial charge in [-0.2, -0.15) is 0 Å². The van der Waals surface area contributed by atoms with Gasteiger partial charge in [-0.25, -0.2) is 0 Å². The Morgan fingerprint density at radius 1 is 1.28 bits per heavy atom. The average Bonchev–Trinajstić information content (AvgIpc) is 2.38. The number of aromatic nitrogens is 1. The average molecular weight is 262 g/mol. The second-order valence-corrected chi connectivity index (χ2v) is 4.68. The van der Waals surface area contributed by atoms with E-state index in [1.54, 1.807) is 4.57 Å². The van der Waals surface area contributed by atoms with Crippen LogP contribution in [0.1, 0.15) is 19.3 Å². The molecule has 3 heteroatoms. The first-order valence-electron chi connectivity index (χ1n) is 6.13. The Labute approximate surface area is 112 Å². The molecule has 0 aliphatic rings. The molecule has 0 radical (unpaired) electrons. The van der Waals surface area contributed by atoms with Crippen LogP contribution in [-0.2, 0) is 6.54 Å². The van der Waals surface area contributed by atoms with Crippen molar-refractivity contribution in [1.82, 2.24) is 4.57 Å². The Morgan fingerprint density at radius 2 is 2.06 bits per heavy atom. The van der Waals surface area contributed by atoms with Gasteiger partial charge in [-0.3, -0.25) is 9.36 Å². The zero-order valence-electron chi connectivity index (χ0n) is 10.2. The van der Waals surface area contributed by atoms with Crippen molar-refractivity contribution in [2.24, 2.45) is 0 Å². The number of allylic oxidation sites excluding steroid dienone is 1. The molecule has 94 valence electrons. The summed E-state index contributed by atoms with van der Waals surface area (Å²) in [4.78, 5) is 12.3. The molecule has 0 aliphatic carbocycles. The van der Waals surface area contributed by atoms with Gasteiger partial charge in [-0.15, -0.1) is 6.58 Å². The van der Waals surface area contributed by atoms with Crippen molar-refractivity contribution in [2.45, 2.75) is 25.8 Å². The minimum absolute atomic E-state index is 0.00305. The molecule has 2 nitrogen and oxygen atoms in total. The molecule has 0 aliphatic heterocycles. The number of pyridine rings is 1. The van der Waals surface area contributed by atoms with E-state index >= 15 is 0 Å². The Morgan fingerprint density at radius 3 is 2.83 bits per heavy atom. The van der Waals surface area contributed by atoms with E-state index in [4.69, 9.17) is 11.6 Å². The lowest BCUT2D eigenvalue weighted by atomic mass is 10.1. The van der Waals surface area contributed by atoms with Gasteiger partial charge in [0.2, 0.25) is 0 Å². The maximum absolute atomic E-state index is 12.3. The maximum atomic E-state index is 12.3. The molecular weight excluding hydrogens is 246 g/mol. The minimum Gasteiger partial charge on any atom is -0.299 e. The predicted octanol–water partition coefficient (Wildman–Crippen LogP) is 4.01. The van der Waals surface area contributed by atoms with Crippen LogP contribution >= 0.6 is 11.6 Å². The van der Waals surface area contributed by atoms with Crippen molar-refractivity contribution in [3.05, 3.63) is 58.5 Å². The van der Waals surface area contributed by atoms with Gasteiger partial charge in [0.05, 0.1) is 0 Å². The number of nitrogens with zero attached hydrogens (tertiary/aromatic N) is 1. The van der Waals surface area contributed by atoms with Crippen molar-refractivity contribution in [1.29, 1.82) is 0 Å². The minimum atomic E-state index is -0.00305. The first-order chi connectivity index (χ1) is 8.74. The van der Waals surface area contributed by atoms with Crippen molar-refractivity contribution in [3.63, 3.8) is 0 Å². The highest BCUT2D eigenvalue weighted by molar-refractivity contribution is 6.30. The highest BCUT2D eigenvalue weighted by Crippen LogP contribution is 2.16. The van der Waals surface area contributed by atoms with Crippen LogP contribution in [0.15, 0.2) is 47.8 Å². The number of rotatable bonds is 5. The molecule has 2 aromatic rings. The molecule has 1 aromatic heterocycles. The van der Waals surface area contributed by atoms with Crippen LogP contribution in [0.5, 0.6) is 0 Å². The molecule has 0 fully saturated rings. The molecule has 0 spiro atoms. The van der Waals surface area contributed by atoms with E-state index < -0.39 is 0 Å². The second-order valence-electron chi connectivity index (χ2n) is 4.30. The first-order valence-corrected chi connectivity index (χ1v) is 6.51. The lowest BCUT2D eigenvalue weighted by molar-refractivity contribution is 0.602. The van der Waals surface area contributed by atoms with Crippen molar-refractivity contribution in [3.8, 4) is 0 Å². The van der Waals surface area contributed by atoms with E-state index in [1.165, 1.54) is 0 Å². The molecule has 2 rings (SSSR count). The third kappa shape index (κ3) is 2.65. The Balaban J connectivity index is 2.32. The highest BCUT2D eigenvalue weighted by atomic mass is 35.5. The van der Waals surface area contributed by atoms with Crippen LogP contribution in [0.4, 0.5) is 0 Å². The number of unbranched alkanes of at least 4 members (excludes halogenated alkanes) is 2. The Bertz CT molecular complexity index is 615. The standard InChI is InChI=1S/C15H16ClNO/c1-2-3-4-7-10-17-14(16)11-12-8-5-6-9-13(12)15(17)18/h2,5-6,8-9,11H,1,3-4,7,10H2. The molecule has 0 atom stereocenters. The summed E-state index contributed by atoms with van der Waals surface area (Å²) in [6.07, 6.45) is 4.83. The molecule has 0 saturated carbocycles. The van der Waals surface area contributed by atoms with E-state index in [0.29, 0.717) is 11.7 Å². The summed E-state index contributed by atoms with van der Waals surface area (Å²) in [7, 11) is 0. The molecule has 0 saturated heterocycles. The van der Waals surface area contributed by atoms with Crippen LogP contribution in [-0.4, -0.2) is 4.57 Å². The summed E-state index contributed by atoms with van der Waals surface area (Å²) in [5, 5.41) is 2.14. The highest BCUT2D eigenvalue weighted by Gasteiger charge is 2.06. The fraction of sp³-hybridized carbons (Fsp3) is 0.267. The van der Waals surface area contributed by atoms with E-state index in [2.05, 4.69) is 6.58 Å². The van der Waals surface area contributed by atoms with Crippen LogP contribution < -0.4 is 5.56 Å². The summed E-state index contributed by atoms with van der Waals surface area (Å²) in [5.74, 6) is 0. The maximum Gasteiger partial charge on any atom is 0.259 e. The monoisotopic (exact) mass is 261 g/mol. The normalized spacial score (nSPS) is 10.7. The van der Waals surface area contributed by atoms with Gasteiger partial charge in [0.25, 0.3) is 5.56 Å². The predicted molar refractivity (Wildman–Crippen MR) is 77.3 cm³/mol. The fourth-order valence-corrected chi connectivity index (χ4v) is 2.31. The second kappa shape index (κ2) is 5.87. The number of hydrogen-bond acceptors (Lipinski definition) is 1. The van der Waals surface area contributed by atoms with Crippen molar-refractivity contribution >= 4 is 22.4 Å². The Kier molecular flexibility index (Phi) is 4.21. The zero-order chi connectivity index (χ0) is 13.0. The van der Waals surface area contributed by atoms with Crippen molar-refractivity contribution < 1.29 is 0 Å². The van der Waals surface area contributed by atoms with Gasteiger partial charge in [-0.05, 0) is 36.8 Å². The summed E-state index contributed by atoms with van der Waals surface area (Å²) < 4.78 is 1.65. The molecule has 0 bridgehead atoms. The number of halogens is 1. The van der Waals surface area contributed by atoms with Gasteiger partial charge >= 0.3 is 0 Å². The molecule has 1 heterocycles. The molecule has 0 N–H and O–H groups in total. The fourth-order valence-electron chi connectivity index (χ4n) is 2.03. The van der Waals surface area contributed by atoms with Crippen LogP contribution in [0, 0.1) is 0 Å². The molecule has 0 unspecified atom stereocenters. The number of fused-ring (bicyclic) bond motifs is 1. The lowest BCUT2D eigenvalue weighted by Gasteiger charge is -2.09. The zero-order valence-corrected chi connectivity index (χ0v) is 11.0. The first kappa shape index (κ1) is 12.9. The van der Waals surface area contributed by atoms with Gasteiger partial charge in [0.1, 0.15) is 5.15 Å². The van der Waals surface area contributed by atoms with Crippen molar-refractivity contribution in [2.75, 3.05) is 0 Å². The summed E-state index contributed by atoms with van der Waals surface area (Å²) in [6, 6.07) is 9.39. The topological polar surface area (TPSA) is 22.0 Å². The summed E-state index contributed by atoms with van der Waals surface area (Å²) in [6.45, 7) is 4.35. The third-order valence-corrected chi connectivity index (χ3v) is 3.32. The van der Waals surface area contributed by atoms with Gasteiger partial charge in [-0.1, -0.05) is 35.9 Å². The molecule has 18 heavy (non-hydrogen) atoms. The van der Waals surface area contributed by atoms with E-state index in [9.17, 15) is 4.79 Å². The molecule has 1 aromatic carbocycles. The van der Waals surface area contributed by atoms with Crippen LogP contribution in [0.3, 0.4) is 0 Å². The molecule has 0 amide bonds. The Hall–Kier alpha value is -1.54. The van der Waals surface area contributed by atoms with Gasteiger partial charge in [0.15, 0.2) is 0 Å². The van der Waals surface area contributed by atoms with Crippen LogP contribution in [0.25, 0.3) is 10.8 Å². The molecular formula is C15H16ClNO. The SMILES string of the molecule is C=CCCCCn1c(Cl)cc2ccccc2c1=O. The number of benzene rings is 1. The quantitative estimate of drug-likeness (QED) is 0.453. The summed E-state index contributed by atoms with van der Waals surface area (Å²) >= 11 is 6.16. The summed E-state index contributed by atoms with van der Waals surface area (Å²) in [5.41, 5.74) is -0.00305. The van der Waals surface area contributed by atoms with E-state index in [-0.39, 0.29) is 5.56 Å². The van der Waals surface area contributed by atoms with E-state index in [0.717, 1.165) is 30.0 Å². The largest absolute Gasteiger partial charge is 0.299 e. The smallest absolute Gasteiger partial charge is 0.259 e. The van der Waals surface area contributed by atoms with Crippen LogP contribution in [0.2, 0.25) is 5.15 Å². The number of hydrogen-bond donors (Lipinski definition) is 0. The van der Waals surface area contributed by atoms with E-state index in [1.807, 2.05) is 36.4 Å². The third-order valence-electron chi connectivity index (χ3n) is 3.01.